The smallest absolute Gasteiger partial charge is 0.124 e. The lowest BCUT2D eigenvalue weighted by molar-refractivity contribution is 0.0336. The summed E-state index contributed by atoms with van der Waals surface area (Å²) in [4.78, 5) is 2.18. The fourth-order valence-electron chi connectivity index (χ4n) is 3.62. The lowest BCUT2D eigenvalue weighted by Gasteiger charge is -2.31. The van der Waals surface area contributed by atoms with Gasteiger partial charge in [0.25, 0.3) is 0 Å². The molecular formula is C22H34N4O4. The van der Waals surface area contributed by atoms with Gasteiger partial charge in [-0.05, 0) is 50.1 Å². The molecule has 0 unspecified atom stereocenters. The van der Waals surface area contributed by atoms with Crippen molar-refractivity contribution in [3.05, 3.63) is 42.2 Å². The summed E-state index contributed by atoms with van der Waals surface area (Å²) in [7, 11) is 1.65. The van der Waals surface area contributed by atoms with E-state index in [1.54, 1.807) is 13.3 Å². The number of aliphatic hydroxyl groups is 2. The second-order valence-corrected chi connectivity index (χ2v) is 7.77. The molecule has 2 aromatic rings. The normalized spacial score (nSPS) is 16.5. The quantitative estimate of drug-likeness (QED) is 0.447. The Morgan fingerprint density at radius 1 is 1.30 bits per heavy atom. The van der Waals surface area contributed by atoms with E-state index in [2.05, 4.69) is 15.3 Å². The first-order chi connectivity index (χ1) is 14.6. The number of hydrogen-bond donors (Lipinski definition) is 3. The third kappa shape index (κ3) is 7.28. The van der Waals surface area contributed by atoms with Crippen molar-refractivity contribution in [2.45, 2.75) is 44.6 Å². The van der Waals surface area contributed by atoms with Crippen LogP contribution < -0.4 is 14.8 Å². The highest BCUT2D eigenvalue weighted by Gasteiger charge is 2.19. The summed E-state index contributed by atoms with van der Waals surface area (Å²) in [6.45, 7) is 4.82. The molecule has 1 aromatic carbocycles. The number of ether oxygens (including phenoxy) is 2. The maximum Gasteiger partial charge on any atom is 0.124 e. The number of likely N-dealkylation sites (tertiary alicyclic amines) is 1. The van der Waals surface area contributed by atoms with Gasteiger partial charge >= 0.3 is 0 Å². The first-order valence-electron chi connectivity index (χ1n) is 10.7. The van der Waals surface area contributed by atoms with Crippen molar-refractivity contribution in [2.75, 3.05) is 39.9 Å². The van der Waals surface area contributed by atoms with Crippen LogP contribution in [0.2, 0.25) is 0 Å². The number of nitrogens with zero attached hydrogens (tertiary/aromatic N) is 3. The van der Waals surface area contributed by atoms with Crippen LogP contribution in [0.4, 0.5) is 0 Å². The van der Waals surface area contributed by atoms with Crippen LogP contribution in [0.1, 0.15) is 24.8 Å². The van der Waals surface area contributed by atoms with Gasteiger partial charge < -0.3 is 29.9 Å². The maximum atomic E-state index is 10.4. The molecule has 1 fully saturated rings. The minimum atomic E-state index is -0.572. The van der Waals surface area contributed by atoms with Crippen LogP contribution in [0, 0.1) is 0 Å². The summed E-state index contributed by atoms with van der Waals surface area (Å²) in [5.74, 6) is 1.53. The Kier molecular flexibility index (Phi) is 8.95. The highest BCUT2D eigenvalue weighted by atomic mass is 16.5. The molecule has 1 aliphatic rings. The molecule has 0 amide bonds. The summed E-state index contributed by atoms with van der Waals surface area (Å²) in [6, 6.07) is 7.66. The number of rotatable bonds is 12. The standard InChI is InChI=1S/C22H34N4O4/c1-29-21-4-5-22(30-17-20(28)16-25-12-6-19(27)7-13-25)18(14-21)15-23-8-2-10-26-11-3-9-24-26/h3-5,9,11,14,19-20,23,27-28H,2,6-8,10,12-13,15-17H2,1H3/t20-/m0/s1. The highest BCUT2D eigenvalue weighted by molar-refractivity contribution is 5.40. The summed E-state index contributed by atoms with van der Waals surface area (Å²) in [5, 5.41) is 27.6. The van der Waals surface area contributed by atoms with Crippen LogP contribution in [-0.2, 0) is 13.1 Å². The van der Waals surface area contributed by atoms with Crippen LogP contribution in [0.15, 0.2) is 36.7 Å². The lowest BCUT2D eigenvalue weighted by Crippen LogP contribution is -2.41. The third-order valence-electron chi connectivity index (χ3n) is 5.34. The van der Waals surface area contributed by atoms with Gasteiger partial charge in [0, 0.05) is 50.7 Å². The number of aryl methyl sites for hydroxylation is 1. The number of piperidine rings is 1. The molecule has 1 saturated heterocycles. The van der Waals surface area contributed by atoms with Crippen molar-refractivity contribution in [3.8, 4) is 11.5 Å². The van der Waals surface area contributed by atoms with Gasteiger partial charge in [0.1, 0.15) is 24.2 Å². The lowest BCUT2D eigenvalue weighted by atomic mass is 10.1. The molecule has 30 heavy (non-hydrogen) atoms. The molecule has 0 radical (unpaired) electrons. The monoisotopic (exact) mass is 418 g/mol. The van der Waals surface area contributed by atoms with Crippen molar-refractivity contribution in [1.29, 1.82) is 0 Å². The Labute approximate surface area is 178 Å². The van der Waals surface area contributed by atoms with E-state index in [1.165, 1.54) is 0 Å². The Balaban J connectivity index is 1.44. The van der Waals surface area contributed by atoms with Gasteiger partial charge in [0.2, 0.25) is 0 Å². The molecule has 1 aliphatic heterocycles. The first kappa shape index (κ1) is 22.6. The van der Waals surface area contributed by atoms with Gasteiger partial charge in [-0.25, -0.2) is 0 Å². The zero-order valence-electron chi connectivity index (χ0n) is 17.7. The van der Waals surface area contributed by atoms with E-state index in [-0.39, 0.29) is 12.7 Å². The zero-order chi connectivity index (χ0) is 21.2. The summed E-state index contributed by atoms with van der Waals surface area (Å²) >= 11 is 0. The number of methoxy groups -OCH3 is 1. The van der Waals surface area contributed by atoms with Crippen LogP contribution in [0.25, 0.3) is 0 Å². The van der Waals surface area contributed by atoms with E-state index in [9.17, 15) is 10.2 Å². The largest absolute Gasteiger partial charge is 0.497 e. The topological polar surface area (TPSA) is 92.0 Å². The number of hydrogen-bond acceptors (Lipinski definition) is 7. The van der Waals surface area contributed by atoms with Crippen molar-refractivity contribution in [2.24, 2.45) is 0 Å². The first-order valence-corrected chi connectivity index (χ1v) is 10.7. The SMILES string of the molecule is COc1ccc(OC[C@@H](O)CN2CCC(O)CC2)c(CNCCCn2cccn2)c1. The molecule has 0 saturated carbocycles. The van der Waals surface area contributed by atoms with Crippen LogP contribution in [0.3, 0.4) is 0 Å². The molecule has 1 aromatic heterocycles. The molecule has 3 N–H and O–H groups in total. The molecule has 3 rings (SSSR count). The van der Waals surface area contributed by atoms with Gasteiger partial charge in [0.15, 0.2) is 0 Å². The van der Waals surface area contributed by atoms with Crippen molar-refractivity contribution >= 4 is 0 Å². The minimum absolute atomic E-state index is 0.205. The van der Waals surface area contributed by atoms with Gasteiger partial charge in [-0.3, -0.25) is 4.68 Å². The molecule has 8 nitrogen and oxygen atoms in total. The fraction of sp³-hybridized carbons (Fsp3) is 0.591. The number of aliphatic hydroxyl groups excluding tert-OH is 2. The summed E-state index contributed by atoms with van der Waals surface area (Å²) in [6.07, 6.45) is 5.48. The minimum Gasteiger partial charge on any atom is -0.497 e. The van der Waals surface area contributed by atoms with Gasteiger partial charge in [-0.1, -0.05) is 0 Å². The molecule has 8 heteroatoms. The Morgan fingerprint density at radius 2 is 2.13 bits per heavy atom. The second kappa shape index (κ2) is 11.9. The molecule has 0 spiro atoms. The number of nitrogens with one attached hydrogen (secondary N) is 1. The molecule has 166 valence electrons. The predicted molar refractivity (Wildman–Crippen MR) is 115 cm³/mol. The van der Waals surface area contributed by atoms with Crippen molar-refractivity contribution in [3.63, 3.8) is 0 Å². The van der Waals surface area contributed by atoms with E-state index in [0.29, 0.717) is 13.1 Å². The van der Waals surface area contributed by atoms with Gasteiger partial charge in [-0.2, -0.15) is 5.10 Å². The van der Waals surface area contributed by atoms with Crippen LogP contribution >= 0.6 is 0 Å². The number of β-amino-alcohol motifs (C(OH)–C–C–N with tert-alkyl or cyclic N) is 1. The summed E-state index contributed by atoms with van der Waals surface area (Å²) in [5.41, 5.74) is 1.00. The molecule has 0 bridgehead atoms. The van der Waals surface area contributed by atoms with E-state index in [4.69, 9.17) is 9.47 Å². The average Bonchev–Trinajstić information content (AvgIpc) is 3.27. The molecule has 0 aliphatic carbocycles. The van der Waals surface area contributed by atoms with E-state index < -0.39 is 6.10 Å². The number of aromatic nitrogens is 2. The third-order valence-corrected chi connectivity index (χ3v) is 5.34. The van der Waals surface area contributed by atoms with Gasteiger partial charge in [-0.15, -0.1) is 0 Å². The average molecular weight is 419 g/mol. The van der Waals surface area contributed by atoms with E-state index in [1.807, 2.05) is 35.1 Å². The van der Waals surface area contributed by atoms with Gasteiger partial charge in [0.05, 0.1) is 13.2 Å². The highest BCUT2D eigenvalue weighted by Crippen LogP contribution is 2.24. The van der Waals surface area contributed by atoms with Crippen LogP contribution in [0.5, 0.6) is 11.5 Å². The molecule has 1 atom stereocenters. The Bertz CT molecular complexity index is 733. The summed E-state index contributed by atoms with van der Waals surface area (Å²) < 4.78 is 13.2. The van der Waals surface area contributed by atoms with Crippen molar-refractivity contribution < 1.29 is 19.7 Å². The second-order valence-electron chi connectivity index (χ2n) is 7.77. The van der Waals surface area contributed by atoms with Crippen molar-refractivity contribution in [1.82, 2.24) is 20.0 Å². The maximum absolute atomic E-state index is 10.4. The Hall–Kier alpha value is -2.13. The predicted octanol–water partition coefficient (Wildman–Crippen LogP) is 1.27. The molecule has 2 heterocycles. The molecular weight excluding hydrogens is 384 g/mol. The number of benzene rings is 1. The zero-order valence-corrected chi connectivity index (χ0v) is 17.7. The fourth-order valence-corrected chi connectivity index (χ4v) is 3.62. The Morgan fingerprint density at radius 3 is 2.87 bits per heavy atom. The van der Waals surface area contributed by atoms with E-state index >= 15 is 0 Å². The van der Waals surface area contributed by atoms with E-state index in [0.717, 1.165) is 62.5 Å². The van der Waals surface area contributed by atoms with Crippen LogP contribution in [-0.4, -0.2) is 77.0 Å².